The van der Waals surface area contributed by atoms with E-state index in [0.29, 0.717) is 10.9 Å². The Kier molecular flexibility index (Phi) is 4.29. The number of halogens is 1. The van der Waals surface area contributed by atoms with Gasteiger partial charge >= 0.3 is 0 Å². The van der Waals surface area contributed by atoms with E-state index in [1.165, 1.54) is 6.07 Å². The summed E-state index contributed by atoms with van der Waals surface area (Å²) < 4.78 is 25.8. The number of benzene rings is 1. The molecule has 1 N–H and O–H groups in total. The summed E-state index contributed by atoms with van der Waals surface area (Å²) in [4.78, 5) is 0.356. The molecule has 1 aliphatic rings. The summed E-state index contributed by atoms with van der Waals surface area (Å²) >= 11 is 0. The van der Waals surface area contributed by atoms with E-state index in [0.717, 1.165) is 25.8 Å². The van der Waals surface area contributed by atoms with Crippen molar-refractivity contribution in [1.29, 1.82) is 0 Å². The lowest BCUT2D eigenvalue weighted by Gasteiger charge is -2.12. The van der Waals surface area contributed by atoms with Crippen LogP contribution < -0.4 is 5.32 Å². The number of hydrogen-bond acceptors (Lipinski definition) is 2. The first-order chi connectivity index (χ1) is 8.22. The second-order valence-electron chi connectivity index (χ2n) is 4.42. The highest BCUT2D eigenvalue weighted by molar-refractivity contribution is 7.85. The van der Waals surface area contributed by atoms with Gasteiger partial charge in [0, 0.05) is 11.3 Å². The van der Waals surface area contributed by atoms with Crippen molar-refractivity contribution < 1.29 is 8.60 Å². The fraction of sp³-hybridized carbons (Fsp3) is 0.538. The molecular weight excluding hydrogens is 237 g/mol. The van der Waals surface area contributed by atoms with Crippen LogP contribution in [0.3, 0.4) is 0 Å². The van der Waals surface area contributed by atoms with Crippen LogP contribution in [0.5, 0.6) is 0 Å². The summed E-state index contributed by atoms with van der Waals surface area (Å²) in [6.07, 6.45) is 2.84. The first-order valence-electron chi connectivity index (χ1n) is 6.11. The van der Waals surface area contributed by atoms with Crippen LogP contribution >= 0.6 is 0 Å². The molecule has 4 heteroatoms. The molecule has 0 radical (unpaired) electrons. The SMILES string of the molecule is CCNC1CCC(S(=O)c2ccccc2F)C1. The molecular formula is C13H18FNOS. The largest absolute Gasteiger partial charge is 0.314 e. The quantitative estimate of drug-likeness (QED) is 0.895. The van der Waals surface area contributed by atoms with Crippen molar-refractivity contribution in [3.8, 4) is 0 Å². The fourth-order valence-corrected chi connectivity index (χ4v) is 3.99. The van der Waals surface area contributed by atoms with Gasteiger partial charge in [0.05, 0.1) is 15.7 Å². The Morgan fingerprint density at radius 3 is 2.88 bits per heavy atom. The van der Waals surface area contributed by atoms with Crippen molar-refractivity contribution >= 4 is 10.8 Å². The molecule has 0 aliphatic heterocycles. The Morgan fingerprint density at radius 1 is 1.41 bits per heavy atom. The molecule has 17 heavy (non-hydrogen) atoms. The standard InChI is InChI=1S/C13H18FNOS/c1-2-15-10-7-8-11(9-10)17(16)13-6-4-3-5-12(13)14/h3-6,10-11,15H,2,7-9H2,1H3. The van der Waals surface area contributed by atoms with Gasteiger partial charge in [0.15, 0.2) is 0 Å². The predicted octanol–water partition coefficient (Wildman–Crippen LogP) is 2.46. The lowest BCUT2D eigenvalue weighted by molar-refractivity contribution is 0.542. The first kappa shape index (κ1) is 12.7. The van der Waals surface area contributed by atoms with E-state index in [4.69, 9.17) is 0 Å². The van der Waals surface area contributed by atoms with Gasteiger partial charge in [0.2, 0.25) is 0 Å². The van der Waals surface area contributed by atoms with E-state index in [2.05, 4.69) is 12.2 Å². The third-order valence-corrected chi connectivity index (χ3v) is 5.03. The van der Waals surface area contributed by atoms with Crippen molar-refractivity contribution in [1.82, 2.24) is 5.32 Å². The molecule has 2 rings (SSSR count). The lowest BCUT2D eigenvalue weighted by atomic mass is 10.2. The van der Waals surface area contributed by atoms with E-state index in [1.54, 1.807) is 18.2 Å². The Morgan fingerprint density at radius 2 is 2.18 bits per heavy atom. The monoisotopic (exact) mass is 255 g/mol. The van der Waals surface area contributed by atoms with Crippen LogP contribution in [-0.4, -0.2) is 22.0 Å². The predicted molar refractivity (Wildman–Crippen MR) is 67.9 cm³/mol. The Labute approximate surface area is 104 Å². The van der Waals surface area contributed by atoms with Gasteiger partial charge in [0.1, 0.15) is 5.82 Å². The molecule has 0 aromatic heterocycles. The summed E-state index contributed by atoms with van der Waals surface area (Å²) in [5.41, 5.74) is 0. The van der Waals surface area contributed by atoms with Gasteiger partial charge in [-0.1, -0.05) is 19.1 Å². The van der Waals surface area contributed by atoms with Crippen LogP contribution in [0, 0.1) is 5.82 Å². The van der Waals surface area contributed by atoms with Crippen LogP contribution in [-0.2, 0) is 10.8 Å². The number of nitrogens with one attached hydrogen (secondary N) is 1. The van der Waals surface area contributed by atoms with Crippen molar-refractivity contribution in [2.45, 2.75) is 42.4 Å². The van der Waals surface area contributed by atoms with Gasteiger partial charge < -0.3 is 5.32 Å². The van der Waals surface area contributed by atoms with Gasteiger partial charge in [-0.3, -0.25) is 4.21 Å². The van der Waals surface area contributed by atoms with Gasteiger partial charge in [-0.25, -0.2) is 4.39 Å². The van der Waals surface area contributed by atoms with Gasteiger partial charge in [0.25, 0.3) is 0 Å². The fourth-order valence-electron chi connectivity index (χ4n) is 2.40. The zero-order chi connectivity index (χ0) is 12.3. The van der Waals surface area contributed by atoms with Crippen LogP contribution in [0.2, 0.25) is 0 Å². The highest BCUT2D eigenvalue weighted by atomic mass is 32.2. The summed E-state index contributed by atoms with van der Waals surface area (Å²) in [5.74, 6) is -0.349. The normalized spacial score (nSPS) is 26.0. The molecule has 1 aromatic rings. The van der Waals surface area contributed by atoms with E-state index >= 15 is 0 Å². The van der Waals surface area contributed by atoms with Gasteiger partial charge in [-0.2, -0.15) is 0 Å². The highest BCUT2D eigenvalue weighted by Crippen LogP contribution is 2.28. The molecule has 94 valence electrons. The molecule has 1 saturated carbocycles. The zero-order valence-electron chi connectivity index (χ0n) is 9.99. The third-order valence-electron chi connectivity index (χ3n) is 3.23. The van der Waals surface area contributed by atoms with Crippen molar-refractivity contribution in [3.05, 3.63) is 30.1 Å². The Balaban J connectivity index is 2.05. The summed E-state index contributed by atoms with van der Waals surface area (Å²) in [6.45, 7) is 3.00. The van der Waals surface area contributed by atoms with E-state index in [-0.39, 0.29) is 11.1 Å². The molecule has 0 amide bonds. The average molecular weight is 255 g/mol. The van der Waals surface area contributed by atoms with Crippen molar-refractivity contribution in [2.24, 2.45) is 0 Å². The van der Waals surface area contributed by atoms with Crippen LogP contribution in [0.4, 0.5) is 4.39 Å². The molecule has 0 bridgehead atoms. The molecule has 0 saturated heterocycles. The Hall–Kier alpha value is -0.740. The minimum atomic E-state index is -1.21. The smallest absolute Gasteiger partial charge is 0.139 e. The van der Waals surface area contributed by atoms with E-state index < -0.39 is 10.8 Å². The maximum atomic E-state index is 13.5. The maximum Gasteiger partial charge on any atom is 0.139 e. The van der Waals surface area contributed by atoms with Crippen molar-refractivity contribution in [3.63, 3.8) is 0 Å². The van der Waals surface area contributed by atoms with Crippen LogP contribution in [0.25, 0.3) is 0 Å². The topological polar surface area (TPSA) is 29.1 Å². The van der Waals surface area contributed by atoms with Crippen molar-refractivity contribution in [2.75, 3.05) is 6.54 Å². The maximum absolute atomic E-state index is 13.5. The zero-order valence-corrected chi connectivity index (χ0v) is 10.8. The molecule has 1 aliphatic carbocycles. The van der Waals surface area contributed by atoms with E-state index in [9.17, 15) is 8.60 Å². The Bertz CT molecular complexity index is 410. The third kappa shape index (κ3) is 2.93. The number of hydrogen-bond donors (Lipinski definition) is 1. The van der Waals surface area contributed by atoms with Crippen LogP contribution in [0.15, 0.2) is 29.2 Å². The van der Waals surface area contributed by atoms with Crippen LogP contribution in [0.1, 0.15) is 26.2 Å². The van der Waals surface area contributed by atoms with Gasteiger partial charge in [-0.05, 0) is 37.9 Å². The number of rotatable bonds is 4. The van der Waals surface area contributed by atoms with E-state index in [1.807, 2.05) is 0 Å². The minimum absolute atomic E-state index is 0.0935. The average Bonchev–Trinajstić information content (AvgIpc) is 2.78. The molecule has 1 fully saturated rings. The minimum Gasteiger partial charge on any atom is -0.314 e. The first-order valence-corrected chi connectivity index (χ1v) is 7.32. The molecule has 0 spiro atoms. The summed E-state index contributed by atoms with van der Waals surface area (Å²) in [7, 11) is -1.21. The molecule has 0 heterocycles. The second kappa shape index (κ2) is 5.74. The molecule has 2 nitrogen and oxygen atoms in total. The molecule has 1 aromatic carbocycles. The summed E-state index contributed by atoms with van der Waals surface area (Å²) in [6, 6.07) is 6.83. The molecule has 3 unspecified atom stereocenters. The van der Waals surface area contributed by atoms with Gasteiger partial charge in [-0.15, -0.1) is 0 Å². The molecule has 3 atom stereocenters. The summed E-state index contributed by atoms with van der Waals surface area (Å²) in [5, 5.41) is 3.46. The highest BCUT2D eigenvalue weighted by Gasteiger charge is 2.30. The lowest BCUT2D eigenvalue weighted by Crippen LogP contribution is -2.27. The second-order valence-corrected chi connectivity index (χ2v) is 6.12.